The second-order valence-electron chi connectivity index (χ2n) is 5.67. The fourth-order valence-corrected chi connectivity index (χ4v) is 2.82. The Morgan fingerprint density at radius 3 is 2.67 bits per heavy atom. The molecule has 1 heterocycles. The zero-order valence-corrected chi connectivity index (χ0v) is 11.1. The minimum absolute atomic E-state index is 0.0406. The number of urea groups is 1. The van der Waals surface area contributed by atoms with E-state index in [4.69, 9.17) is 5.11 Å². The smallest absolute Gasteiger partial charge is 0.317 e. The number of likely N-dealkylation sites (tertiary alicyclic amines) is 1. The molecular weight excluding hydrogens is 232 g/mol. The van der Waals surface area contributed by atoms with Gasteiger partial charge < -0.3 is 15.3 Å². The number of amides is 2. The summed E-state index contributed by atoms with van der Waals surface area (Å²) in [4.78, 5) is 24.6. The third-order valence-corrected chi connectivity index (χ3v) is 4.11. The normalized spacial score (nSPS) is 34.4. The summed E-state index contributed by atoms with van der Waals surface area (Å²) >= 11 is 0. The number of nitrogens with zero attached hydrogens (tertiary/aromatic N) is 1. The molecule has 0 aromatic heterocycles. The zero-order chi connectivity index (χ0) is 13.3. The molecule has 1 aliphatic carbocycles. The number of carboxylic acids is 1. The summed E-state index contributed by atoms with van der Waals surface area (Å²) in [5.41, 5.74) is 0. The number of nitrogens with one attached hydrogen (secondary N) is 1. The molecule has 5 nitrogen and oxygen atoms in total. The van der Waals surface area contributed by atoms with Crippen LogP contribution in [0.5, 0.6) is 0 Å². The van der Waals surface area contributed by atoms with E-state index < -0.39 is 11.9 Å². The zero-order valence-electron chi connectivity index (χ0n) is 11.1. The van der Waals surface area contributed by atoms with Gasteiger partial charge in [-0.3, -0.25) is 4.79 Å². The van der Waals surface area contributed by atoms with Gasteiger partial charge in [-0.15, -0.1) is 0 Å². The number of carbonyl (C=O) groups excluding carboxylic acids is 1. The Bertz CT molecular complexity index is 345. The van der Waals surface area contributed by atoms with Crippen LogP contribution in [0.25, 0.3) is 0 Å². The summed E-state index contributed by atoms with van der Waals surface area (Å²) in [5.74, 6) is -0.539. The maximum Gasteiger partial charge on any atom is 0.317 e. The van der Waals surface area contributed by atoms with Gasteiger partial charge in [0.15, 0.2) is 0 Å². The molecule has 102 valence electrons. The van der Waals surface area contributed by atoms with Crippen molar-refractivity contribution in [1.29, 1.82) is 0 Å². The van der Waals surface area contributed by atoms with Crippen LogP contribution in [0.1, 0.15) is 33.1 Å². The predicted molar refractivity (Wildman–Crippen MR) is 67.2 cm³/mol. The van der Waals surface area contributed by atoms with Crippen molar-refractivity contribution >= 4 is 12.0 Å². The van der Waals surface area contributed by atoms with Gasteiger partial charge in [-0.05, 0) is 24.7 Å². The quantitative estimate of drug-likeness (QED) is 0.799. The number of hydrogen-bond acceptors (Lipinski definition) is 2. The molecule has 0 aromatic rings. The first-order chi connectivity index (χ1) is 8.52. The first kappa shape index (κ1) is 13.2. The van der Waals surface area contributed by atoms with Gasteiger partial charge in [0.1, 0.15) is 0 Å². The number of rotatable bonds is 4. The standard InChI is InChI=1S/C13H22N2O3/c1-3-4-9-5-11(9)14-13(18)15-6-8(2)10(7-15)12(16)17/h8-11H,3-7H2,1-2H3,(H,14,18)(H,16,17)/t8-,9?,10-,11?/m1/s1. The minimum Gasteiger partial charge on any atom is -0.481 e. The van der Waals surface area contributed by atoms with Crippen molar-refractivity contribution in [3.8, 4) is 0 Å². The molecule has 1 saturated heterocycles. The highest BCUT2D eigenvalue weighted by molar-refractivity contribution is 5.78. The summed E-state index contributed by atoms with van der Waals surface area (Å²) in [6.45, 7) is 4.93. The van der Waals surface area contributed by atoms with Crippen LogP contribution in [0.2, 0.25) is 0 Å². The van der Waals surface area contributed by atoms with Crippen molar-refractivity contribution in [3.05, 3.63) is 0 Å². The lowest BCUT2D eigenvalue weighted by molar-refractivity contribution is -0.142. The fraction of sp³-hybridized carbons (Fsp3) is 0.846. The third kappa shape index (κ3) is 2.76. The monoisotopic (exact) mass is 254 g/mol. The molecule has 5 heteroatoms. The number of carboxylic acid groups (broad SMARTS) is 1. The van der Waals surface area contributed by atoms with Crippen LogP contribution in [-0.2, 0) is 4.79 Å². The van der Waals surface area contributed by atoms with Crippen molar-refractivity contribution in [1.82, 2.24) is 10.2 Å². The summed E-state index contributed by atoms with van der Waals surface area (Å²) in [5, 5.41) is 12.0. The molecular formula is C13H22N2O3. The summed E-state index contributed by atoms with van der Waals surface area (Å²) in [7, 11) is 0. The van der Waals surface area contributed by atoms with E-state index in [9.17, 15) is 9.59 Å². The molecule has 0 spiro atoms. The first-order valence-electron chi connectivity index (χ1n) is 6.81. The molecule has 0 bridgehead atoms. The number of hydrogen-bond donors (Lipinski definition) is 2. The highest BCUT2D eigenvalue weighted by atomic mass is 16.4. The van der Waals surface area contributed by atoms with Crippen LogP contribution >= 0.6 is 0 Å². The van der Waals surface area contributed by atoms with E-state index in [1.54, 1.807) is 4.90 Å². The van der Waals surface area contributed by atoms with Gasteiger partial charge in [-0.25, -0.2) is 4.79 Å². The lowest BCUT2D eigenvalue weighted by Crippen LogP contribution is -2.40. The van der Waals surface area contributed by atoms with E-state index in [1.165, 1.54) is 6.42 Å². The maximum absolute atomic E-state index is 12.0. The van der Waals surface area contributed by atoms with Crippen molar-refractivity contribution in [3.63, 3.8) is 0 Å². The van der Waals surface area contributed by atoms with Crippen LogP contribution in [0.4, 0.5) is 4.79 Å². The van der Waals surface area contributed by atoms with Crippen molar-refractivity contribution in [2.24, 2.45) is 17.8 Å². The van der Waals surface area contributed by atoms with Crippen molar-refractivity contribution < 1.29 is 14.7 Å². The molecule has 2 fully saturated rings. The largest absolute Gasteiger partial charge is 0.481 e. The summed E-state index contributed by atoms with van der Waals surface area (Å²) < 4.78 is 0. The minimum atomic E-state index is -0.798. The lowest BCUT2D eigenvalue weighted by atomic mass is 9.99. The van der Waals surface area contributed by atoms with E-state index in [1.807, 2.05) is 6.92 Å². The Kier molecular flexibility index (Phi) is 3.78. The molecule has 2 amide bonds. The molecule has 4 atom stereocenters. The number of aliphatic carboxylic acids is 1. The molecule has 18 heavy (non-hydrogen) atoms. The van der Waals surface area contributed by atoms with E-state index in [-0.39, 0.29) is 11.9 Å². The van der Waals surface area contributed by atoms with Gasteiger partial charge in [0.05, 0.1) is 5.92 Å². The third-order valence-electron chi connectivity index (χ3n) is 4.11. The van der Waals surface area contributed by atoms with E-state index in [2.05, 4.69) is 12.2 Å². The Labute approximate surface area is 108 Å². The summed E-state index contributed by atoms with van der Waals surface area (Å²) in [6, 6.07) is 0.228. The van der Waals surface area contributed by atoms with Gasteiger partial charge in [-0.1, -0.05) is 20.3 Å². The van der Waals surface area contributed by atoms with Crippen LogP contribution in [0.3, 0.4) is 0 Å². The molecule has 2 N–H and O–H groups in total. The van der Waals surface area contributed by atoms with Gasteiger partial charge in [0.25, 0.3) is 0 Å². The molecule has 2 unspecified atom stereocenters. The van der Waals surface area contributed by atoms with Gasteiger partial charge in [0.2, 0.25) is 0 Å². The molecule has 2 aliphatic rings. The molecule has 2 rings (SSSR count). The number of carbonyl (C=O) groups is 2. The van der Waals surface area contributed by atoms with Crippen LogP contribution in [0.15, 0.2) is 0 Å². The predicted octanol–water partition coefficient (Wildman–Crippen LogP) is 1.54. The Balaban J connectivity index is 1.79. The average Bonchev–Trinajstić information content (AvgIpc) is 2.88. The Hall–Kier alpha value is -1.26. The highest BCUT2D eigenvalue weighted by Crippen LogP contribution is 2.35. The first-order valence-corrected chi connectivity index (χ1v) is 6.81. The SMILES string of the molecule is CCCC1CC1NC(=O)N1C[C@@H](C)[C@H](C(=O)O)C1. The van der Waals surface area contributed by atoms with Crippen LogP contribution < -0.4 is 5.32 Å². The van der Waals surface area contributed by atoms with E-state index in [0.717, 1.165) is 12.8 Å². The second-order valence-corrected chi connectivity index (χ2v) is 5.67. The van der Waals surface area contributed by atoms with E-state index >= 15 is 0 Å². The maximum atomic E-state index is 12.0. The lowest BCUT2D eigenvalue weighted by Gasteiger charge is -2.16. The van der Waals surface area contributed by atoms with Crippen molar-refractivity contribution in [2.45, 2.75) is 39.2 Å². The molecule has 0 aromatic carbocycles. The topological polar surface area (TPSA) is 69.6 Å². The Morgan fingerprint density at radius 2 is 2.11 bits per heavy atom. The van der Waals surface area contributed by atoms with Crippen LogP contribution in [-0.4, -0.2) is 41.1 Å². The van der Waals surface area contributed by atoms with Gasteiger partial charge in [-0.2, -0.15) is 0 Å². The van der Waals surface area contributed by atoms with Gasteiger partial charge in [0, 0.05) is 19.1 Å². The fourth-order valence-electron chi connectivity index (χ4n) is 2.82. The molecule has 0 radical (unpaired) electrons. The van der Waals surface area contributed by atoms with Crippen LogP contribution in [0, 0.1) is 17.8 Å². The summed E-state index contributed by atoms with van der Waals surface area (Å²) in [6.07, 6.45) is 3.39. The highest BCUT2D eigenvalue weighted by Gasteiger charge is 2.41. The molecule has 1 aliphatic heterocycles. The Morgan fingerprint density at radius 1 is 1.39 bits per heavy atom. The second kappa shape index (κ2) is 5.16. The van der Waals surface area contributed by atoms with E-state index in [0.29, 0.717) is 25.0 Å². The van der Waals surface area contributed by atoms with Crippen molar-refractivity contribution in [2.75, 3.05) is 13.1 Å². The van der Waals surface area contributed by atoms with Gasteiger partial charge >= 0.3 is 12.0 Å². The molecule has 1 saturated carbocycles. The average molecular weight is 254 g/mol.